The van der Waals surface area contributed by atoms with Crippen LogP contribution in [-0.2, 0) is 18.7 Å². The van der Waals surface area contributed by atoms with Gasteiger partial charge in [-0.25, -0.2) is 0 Å². The Bertz CT molecular complexity index is 842. The Kier molecular flexibility index (Phi) is 5.99. The number of hydrogen-bond acceptors (Lipinski definition) is 5. The molecular weight excluding hydrogens is 432 g/mol. The van der Waals surface area contributed by atoms with Gasteiger partial charge in [-0.1, -0.05) is 53.2 Å². The number of Topliss-reactive ketones (excluding diaryl/α,β-unsaturated/α-hetero) is 1. The molecule has 2 bridgehead atoms. The molecule has 3 saturated carbocycles. The first-order valence-corrected chi connectivity index (χ1v) is 15.7. The number of fused-ring (bicyclic) bond motifs is 3. The van der Waals surface area contributed by atoms with Crippen molar-refractivity contribution in [2.45, 2.75) is 104 Å². The van der Waals surface area contributed by atoms with Gasteiger partial charge in [0.25, 0.3) is 0 Å². The van der Waals surface area contributed by atoms with Crippen LogP contribution in [0.15, 0.2) is 11.6 Å². The highest BCUT2D eigenvalue weighted by atomic mass is 28.4. The highest BCUT2D eigenvalue weighted by Crippen LogP contribution is 2.73. The molecule has 1 spiro atoms. The molecule has 5 nitrogen and oxygen atoms in total. The number of ketones is 1. The minimum absolute atomic E-state index is 0.0369. The molecule has 3 fully saturated rings. The summed E-state index contributed by atoms with van der Waals surface area (Å²) in [5.41, 5.74) is -0.233. The molecule has 4 aliphatic carbocycles. The highest BCUT2D eigenvalue weighted by Gasteiger charge is 2.76. The van der Waals surface area contributed by atoms with Gasteiger partial charge in [-0.05, 0) is 54.6 Å². The van der Waals surface area contributed by atoms with E-state index in [1.165, 1.54) is 5.57 Å². The lowest BCUT2D eigenvalue weighted by Gasteiger charge is -2.49. The summed E-state index contributed by atoms with van der Waals surface area (Å²) >= 11 is 0. The van der Waals surface area contributed by atoms with Gasteiger partial charge in [0.1, 0.15) is 12.4 Å². The average molecular weight is 479 g/mol. The zero-order valence-electron chi connectivity index (χ0n) is 22.5. The lowest BCUT2D eigenvalue weighted by Crippen LogP contribution is -2.61. The number of carbonyl (C=O) groups excluding carboxylic acids is 1. The Balaban J connectivity index is 1.92. The van der Waals surface area contributed by atoms with Gasteiger partial charge in [-0.15, -0.1) is 0 Å². The number of hydrogen-bond donors (Lipinski definition) is 1. The Labute approximate surface area is 201 Å². The molecule has 0 aromatic carbocycles. The third-order valence-corrected chi connectivity index (χ3v) is 15.1. The number of rotatable bonds is 5. The second-order valence-electron chi connectivity index (χ2n) is 13.5. The maximum atomic E-state index is 14.9. The first kappa shape index (κ1) is 25.6. The maximum absolute atomic E-state index is 14.9. The largest absolute Gasteiger partial charge is 0.413 e. The second-order valence-corrected chi connectivity index (χ2v) is 18.3. The molecular formula is C27H46O5Si. The van der Waals surface area contributed by atoms with Crippen molar-refractivity contribution in [3.63, 3.8) is 0 Å². The smallest absolute Gasteiger partial charge is 0.192 e. The summed E-state index contributed by atoms with van der Waals surface area (Å²) in [6.45, 7) is 19.9. The van der Waals surface area contributed by atoms with Crippen LogP contribution in [0.3, 0.4) is 0 Å². The average Bonchev–Trinajstić information content (AvgIpc) is 3.10. The summed E-state index contributed by atoms with van der Waals surface area (Å²) in [4.78, 5) is 14.9. The summed E-state index contributed by atoms with van der Waals surface area (Å²) in [6.07, 6.45) is 3.82. The summed E-state index contributed by atoms with van der Waals surface area (Å²) < 4.78 is 19.6. The van der Waals surface area contributed by atoms with Gasteiger partial charge in [-0.2, -0.15) is 0 Å². The number of carbonyl (C=O) groups is 1. The van der Waals surface area contributed by atoms with Crippen molar-refractivity contribution in [2.75, 3.05) is 13.9 Å². The molecule has 4 rings (SSSR count). The molecule has 1 N–H and O–H groups in total. The number of aliphatic hydroxyl groups excluding tert-OH is 1. The fourth-order valence-electron chi connectivity index (χ4n) is 7.83. The minimum atomic E-state index is -2.16. The molecule has 188 valence electrons. The molecule has 6 heteroatoms. The van der Waals surface area contributed by atoms with Crippen molar-refractivity contribution in [1.82, 2.24) is 0 Å². The monoisotopic (exact) mass is 478 g/mol. The highest BCUT2D eigenvalue weighted by molar-refractivity contribution is 6.74. The third kappa shape index (κ3) is 3.34. The summed E-state index contributed by atoms with van der Waals surface area (Å²) in [7, 11) is -0.433. The van der Waals surface area contributed by atoms with E-state index in [0.29, 0.717) is 30.5 Å². The molecule has 0 amide bonds. The van der Waals surface area contributed by atoms with E-state index in [4.69, 9.17) is 13.9 Å². The van der Waals surface area contributed by atoms with Gasteiger partial charge < -0.3 is 19.0 Å². The number of methoxy groups -OCH3 is 1. The fraction of sp³-hybridized carbons (Fsp3) is 0.889. The lowest BCUT2D eigenvalue weighted by atomic mass is 9.60. The first-order chi connectivity index (χ1) is 15.1. The zero-order valence-corrected chi connectivity index (χ0v) is 23.5. The van der Waals surface area contributed by atoms with Crippen LogP contribution in [0, 0.1) is 34.5 Å². The van der Waals surface area contributed by atoms with Crippen molar-refractivity contribution in [3.8, 4) is 0 Å². The summed E-state index contributed by atoms with van der Waals surface area (Å²) in [5, 5.41) is 9.95. The number of ether oxygens (including phenoxy) is 2. The van der Waals surface area contributed by atoms with Gasteiger partial charge in [0, 0.05) is 25.9 Å². The quantitative estimate of drug-likeness (QED) is 0.328. The van der Waals surface area contributed by atoms with Gasteiger partial charge >= 0.3 is 0 Å². The predicted octanol–water partition coefficient (Wildman–Crippen LogP) is 5.33. The van der Waals surface area contributed by atoms with Gasteiger partial charge in [0.05, 0.1) is 17.6 Å². The molecule has 0 aromatic rings. The van der Waals surface area contributed by atoms with Crippen LogP contribution in [-0.4, -0.2) is 50.9 Å². The standard InChI is InChI=1S/C27H46O5Si/c1-16-13-26-17(2)11-18-22(25(18,6)7)21(23(26)29)19(32-33(9,10)24(3,4)5)12-20(31-15-28)27(26,14-16)30-8/h13,17-22,28H,11-12,14-15H2,1-10H3/t17-,18-,19-,20-,21+,22-,26+,27?/m1/s1. The second kappa shape index (κ2) is 7.73. The van der Waals surface area contributed by atoms with E-state index in [2.05, 4.69) is 67.6 Å². The van der Waals surface area contributed by atoms with Crippen molar-refractivity contribution < 1.29 is 23.8 Å². The molecule has 0 saturated heterocycles. The minimum Gasteiger partial charge on any atom is -0.413 e. The van der Waals surface area contributed by atoms with E-state index in [1.807, 2.05) is 0 Å². The van der Waals surface area contributed by atoms with Crippen LogP contribution in [0.2, 0.25) is 18.1 Å². The van der Waals surface area contributed by atoms with E-state index < -0.39 is 25.4 Å². The molecule has 33 heavy (non-hydrogen) atoms. The maximum Gasteiger partial charge on any atom is 0.192 e. The van der Waals surface area contributed by atoms with Crippen molar-refractivity contribution >= 4 is 14.1 Å². The zero-order chi connectivity index (χ0) is 24.8. The SMILES string of the molecule is COC12CC(C)=C[C@]13C(=O)[C@H]([C@H]1[C@@H](C[C@H]3C)C1(C)C)[C@H](O[Si](C)(C)C(C)(C)C)C[C@H]2OCO. The molecule has 0 heterocycles. The Morgan fingerprint density at radius 3 is 2.39 bits per heavy atom. The van der Waals surface area contributed by atoms with E-state index in [9.17, 15) is 9.90 Å². The normalized spacial score (nSPS) is 44.5. The fourth-order valence-corrected chi connectivity index (χ4v) is 9.18. The first-order valence-electron chi connectivity index (χ1n) is 12.8. The van der Waals surface area contributed by atoms with Crippen LogP contribution in [0.5, 0.6) is 0 Å². The Hall–Kier alpha value is -0.533. The van der Waals surface area contributed by atoms with Crippen LogP contribution >= 0.6 is 0 Å². The van der Waals surface area contributed by atoms with E-state index in [-0.39, 0.29) is 35.2 Å². The summed E-state index contributed by atoms with van der Waals surface area (Å²) in [5.74, 6) is 1.09. The van der Waals surface area contributed by atoms with Gasteiger partial charge in [-0.3, -0.25) is 4.79 Å². The molecule has 4 aliphatic rings. The molecule has 1 unspecified atom stereocenters. The lowest BCUT2D eigenvalue weighted by molar-refractivity contribution is -0.207. The molecule has 0 radical (unpaired) electrons. The van der Waals surface area contributed by atoms with Crippen molar-refractivity contribution in [3.05, 3.63) is 11.6 Å². The molecule has 8 atom stereocenters. The summed E-state index contributed by atoms with van der Waals surface area (Å²) in [6, 6.07) is 0. The van der Waals surface area contributed by atoms with E-state index >= 15 is 0 Å². The van der Waals surface area contributed by atoms with Crippen molar-refractivity contribution in [1.29, 1.82) is 0 Å². The molecule has 0 aromatic heterocycles. The van der Waals surface area contributed by atoms with Gasteiger partial charge in [0.15, 0.2) is 14.1 Å². The van der Waals surface area contributed by atoms with E-state index in [1.54, 1.807) is 7.11 Å². The number of aliphatic hydroxyl groups is 1. The van der Waals surface area contributed by atoms with Gasteiger partial charge in [0.2, 0.25) is 0 Å². The van der Waals surface area contributed by atoms with Crippen LogP contribution < -0.4 is 0 Å². The van der Waals surface area contributed by atoms with E-state index in [0.717, 1.165) is 6.42 Å². The third-order valence-electron chi connectivity index (χ3n) is 10.6. The van der Waals surface area contributed by atoms with Crippen LogP contribution in [0.4, 0.5) is 0 Å². The van der Waals surface area contributed by atoms with Crippen molar-refractivity contribution in [2.24, 2.45) is 34.5 Å². The van der Waals surface area contributed by atoms with Crippen LogP contribution in [0.1, 0.15) is 67.7 Å². The molecule has 0 aliphatic heterocycles. The Morgan fingerprint density at radius 1 is 1.21 bits per heavy atom. The van der Waals surface area contributed by atoms with Crippen LogP contribution in [0.25, 0.3) is 0 Å². The Morgan fingerprint density at radius 2 is 1.85 bits per heavy atom. The predicted molar refractivity (Wildman–Crippen MR) is 132 cm³/mol. The topological polar surface area (TPSA) is 65.0 Å².